The summed E-state index contributed by atoms with van der Waals surface area (Å²) in [6.07, 6.45) is 5.09. The fourth-order valence-electron chi connectivity index (χ4n) is 2.24. The summed E-state index contributed by atoms with van der Waals surface area (Å²) in [4.78, 5) is 2.11. The molecule has 0 aromatic carbocycles. The lowest BCUT2D eigenvalue weighted by Crippen LogP contribution is -2.52. The molecule has 1 N–H and O–H groups in total. The van der Waals surface area contributed by atoms with Gasteiger partial charge >= 0.3 is 0 Å². The Kier molecular flexibility index (Phi) is 3.13. The second-order valence-electron chi connectivity index (χ2n) is 4.52. The summed E-state index contributed by atoms with van der Waals surface area (Å²) in [6.45, 7) is 4.71. The molecule has 0 spiro atoms. The van der Waals surface area contributed by atoms with Gasteiger partial charge in [0, 0.05) is 5.54 Å². The zero-order valence-corrected chi connectivity index (χ0v) is 8.51. The summed E-state index contributed by atoms with van der Waals surface area (Å²) in [5, 5.41) is 9.07. The topological polar surface area (TPSA) is 23.5 Å². The van der Waals surface area contributed by atoms with Crippen LogP contribution in [-0.4, -0.2) is 29.3 Å². The SMILES string of the molecule is CC(C)CC1(N(C)CO)CCC1. The average molecular weight is 171 g/mol. The quantitative estimate of drug-likeness (QED) is 0.652. The van der Waals surface area contributed by atoms with E-state index in [1.165, 1.54) is 25.7 Å². The average Bonchev–Trinajstić information content (AvgIpc) is 1.95. The monoisotopic (exact) mass is 171 g/mol. The maximum absolute atomic E-state index is 9.07. The van der Waals surface area contributed by atoms with E-state index in [1.54, 1.807) is 0 Å². The largest absolute Gasteiger partial charge is 0.381 e. The minimum absolute atomic E-state index is 0.201. The number of aliphatic hydroxyl groups excluding tert-OH is 1. The number of nitrogens with zero attached hydrogens (tertiary/aromatic N) is 1. The zero-order valence-electron chi connectivity index (χ0n) is 8.51. The van der Waals surface area contributed by atoms with Crippen molar-refractivity contribution in [2.24, 2.45) is 5.92 Å². The molecule has 1 aliphatic carbocycles. The van der Waals surface area contributed by atoms with Gasteiger partial charge in [0.2, 0.25) is 0 Å². The summed E-state index contributed by atoms with van der Waals surface area (Å²) in [5.41, 5.74) is 0.336. The Morgan fingerprint density at radius 2 is 2.00 bits per heavy atom. The molecule has 1 saturated carbocycles. The standard InChI is InChI=1S/C10H21NO/c1-9(2)7-10(5-4-6-10)11(3)8-12/h9,12H,4-8H2,1-3H3. The zero-order chi connectivity index (χ0) is 9.19. The first-order chi connectivity index (χ1) is 5.60. The number of rotatable bonds is 4. The fraction of sp³-hybridized carbons (Fsp3) is 1.00. The number of hydrogen-bond acceptors (Lipinski definition) is 2. The normalized spacial score (nSPS) is 21.5. The van der Waals surface area contributed by atoms with Crippen molar-refractivity contribution in [2.75, 3.05) is 13.8 Å². The van der Waals surface area contributed by atoms with Crippen LogP contribution in [0.5, 0.6) is 0 Å². The van der Waals surface area contributed by atoms with E-state index in [0.29, 0.717) is 5.54 Å². The third-order valence-corrected chi connectivity index (χ3v) is 3.09. The molecule has 2 heteroatoms. The van der Waals surface area contributed by atoms with Crippen molar-refractivity contribution in [1.82, 2.24) is 4.90 Å². The van der Waals surface area contributed by atoms with Gasteiger partial charge in [0.1, 0.15) is 0 Å². The van der Waals surface area contributed by atoms with Crippen molar-refractivity contribution in [3.05, 3.63) is 0 Å². The van der Waals surface area contributed by atoms with Gasteiger partial charge in [-0.1, -0.05) is 13.8 Å². The predicted octanol–water partition coefficient (Wildman–Crippen LogP) is 1.84. The van der Waals surface area contributed by atoms with Crippen LogP contribution in [-0.2, 0) is 0 Å². The molecule has 1 fully saturated rings. The van der Waals surface area contributed by atoms with Gasteiger partial charge in [0.05, 0.1) is 6.73 Å². The van der Waals surface area contributed by atoms with Crippen molar-refractivity contribution < 1.29 is 5.11 Å². The Labute approximate surface area is 75.6 Å². The molecule has 0 aliphatic heterocycles. The van der Waals surface area contributed by atoms with E-state index in [-0.39, 0.29) is 6.73 Å². The van der Waals surface area contributed by atoms with E-state index in [1.807, 2.05) is 7.05 Å². The van der Waals surface area contributed by atoms with E-state index in [4.69, 9.17) is 5.11 Å². The van der Waals surface area contributed by atoms with Crippen LogP contribution in [0.25, 0.3) is 0 Å². The molecule has 0 aromatic heterocycles. The molecular weight excluding hydrogens is 150 g/mol. The van der Waals surface area contributed by atoms with Crippen LogP contribution in [0.1, 0.15) is 39.5 Å². The minimum Gasteiger partial charge on any atom is -0.381 e. The van der Waals surface area contributed by atoms with Gasteiger partial charge in [-0.25, -0.2) is 0 Å². The van der Waals surface area contributed by atoms with Crippen molar-refractivity contribution >= 4 is 0 Å². The summed E-state index contributed by atoms with van der Waals surface area (Å²) in [7, 11) is 2.03. The maximum Gasteiger partial charge on any atom is 0.0958 e. The third-order valence-electron chi connectivity index (χ3n) is 3.09. The van der Waals surface area contributed by atoms with E-state index < -0.39 is 0 Å². The fourth-order valence-corrected chi connectivity index (χ4v) is 2.24. The highest BCUT2D eigenvalue weighted by molar-refractivity contribution is 4.96. The molecule has 72 valence electrons. The molecule has 0 unspecified atom stereocenters. The maximum atomic E-state index is 9.07. The molecule has 2 nitrogen and oxygen atoms in total. The molecule has 0 radical (unpaired) electrons. The smallest absolute Gasteiger partial charge is 0.0958 e. The van der Waals surface area contributed by atoms with Crippen LogP contribution in [0, 0.1) is 5.92 Å². The highest BCUT2D eigenvalue weighted by Crippen LogP contribution is 2.41. The van der Waals surface area contributed by atoms with Gasteiger partial charge in [-0.05, 0) is 38.6 Å². The van der Waals surface area contributed by atoms with Crippen LogP contribution in [0.15, 0.2) is 0 Å². The first kappa shape index (κ1) is 10.0. The summed E-state index contributed by atoms with van der Waals surface area (Å²) < 4.78 is 0. The van der Waals surface area contributed by atoms with Crippen molar-refractivity contribution in [2.45, 2.75) is 45.1 Å². The Balaban J connectivity index is 2.50. The molecule has 0 heterocycles. The third kappa shape index (κ3) is 1.80. The lowest BCUT2D eigenvalue weighted by atomic mass is 9.71. The van der Waals surface area contributed by atoms with Crippen LogP contribution in [0.4, 0.5) is 0 Å². The van der Waals surface area contributed by atoms with E-state index >= 15 is 0 Å². The van der Waals surface area contributed by atoms with Crippen LogP contribution >= 0.6 is 0 Å². The van der Waals surface area contributed by atoms with E-state index in [9.17, 15) is 0 Å². The van der Waals surface area contributed by atoms with Crippen LogP contribution in [0.3, 0.4) is 0 Å². The predicted molar refractivity (Wildman–Crippen MR) is 50.9 cm³/mol. The molecule has 0 bridgehead atoms. The lowest BCUT2D eigenvalue weighted by Gasteiger charge is -2.49. The first-order valence-corrected chi connectivity index (χ1v) is 4.93. The number of aliphatic hydroxyl groups is 1. The van der Waals surface area contributed by atoms with Gasteiger partial charge in [-0.2, -0.15) is 0 Å². The van der Waals surface area contributed by atoms with Crippen molar-refractivity contribution in [1.29, 1.82) is 0 Å². The lowest BCUT2D eigenvalue weighted by molar-refractivity contribution is -0.0343. The molecule has 0 amide bonds. The molecule has 0 aromatic rings. The minimum atomic E-state index is 0.201. The summed E-state index contributed by atoms with van der Waals surface area (Å²) >= 11 is 0. The van der Waals surface area contributed by atoms with Gasteiger partial charge in [0.15, 0.2) is 0 Å². The summed E-state index contributed by atoms with van der Waals surface area (Å²) in [5.74, 6) is 0.735. The van der Waals surface area contributed by atoms with Crippen molar-refractivity contribution in [3.63, 3.8) is 0 Å². The second-order valence-corrected chi connectivity index (χ2v) is 4.52. The van der Waals surface area contributed by atoms with Crippen LogP contribution < -0.4 is 0 Å². The van der Waals surface area contributed by atoms with Gasteiger partial charge in [-0.3, -0.25) is 4.90 Å². The van der Waals surface area contributed by atoms with Gasteiger partial charge in [0.25, 0.3) is 0 Å². The molecule has 1 rings (SSSR count). The Morgan fingerprint density at radius 1 is 1.42 bits per heavy atom. The molecule has 12 heavy (non-hydrogen) atoms. The number of hydrogen-bond donors (Lipinski definition) is 1. The first-order valence-electron chi connectivity index (χ1n) is 4.93. The molecular formula is C10H21NO. The van der Waals surface area contributed by atoms with Gasteiger partial charge in [-0.15, -0.1) is 0 Å². The Bertz CT molecular complexity index is 141. The molecule has 0 saturated heterocycles. The van der Waals surface area contributed by atoms with E-state index in [2.05, 4.69) is 18.7 Å². The van der Waals surface area contributed by atoms with E-state index in [0.717, 1.165) is 5.92 Å². The Hall–Kier alpha value is -0.0800. The highest BCUT2D eigenvalue weighted by Gasteiger charge is 2.40. The molecule has 0 atom stereocenters. The highest BCUT2D eigenvalue weighted by atomic mass is 16.3. The second kappa shape index (κ2) is 3.75. The van der Waals surface area contributed by atoms with Crippen LogP contribution in [0.2, 0.25) is 0 Å². The molecule has 1 aliphatic rings. The van der Waals surface area contributed by atoms with Crippen molar-refractivity contribution in [3.8, 4) is 0 Å². The summed E-state index contributed by atoms with van der Waals surface area (Å²) in [6, 6.07) is 0. The van der Waals surface area contributed by atoms with Gasteiger partial charge < -0.3 is 5.11 Å². The Morgan fingerprint density at radius 3 is 2.25 bits per heavy atom.